The third-order valence-electron chi connectivity index (χ3n) is 9.00. The van der Waals surface area contributed by atoms with Crippen molar-refractivity contribution in [3.8, 4) is 0 Å². The van der Waals surface area contributed by atoms with Gasteiger partial charge in [-0.15, -0.1) is 0 Å². The Bertz CT molecular complexity index is 1100. The fraction of sp³-hybridized carbons (Fsp3) is 0.895. The monoisotopic (exact) mass is 814 g/mol. The molecule has 0 amide bonds. The summed E-state index contributed by atoms with van der Waals surface area (Å²) in [6.07, 6.45) is 23.9. The molecule has 4 N–H and O–H groups in total. The first-order valence-electron chi connectivity index (χ1n) is 20.4. The van der Waals surface area contributed by atoms with Gasteiger partial charge < -0.3 is 34.0 Å². The minimum absolute atomic E-state index is 0.127. The molecule has 0 radical (unpaired) electrons. The molecule has 318 valence electrons. The van der Waals surface area contributed by atoms with Crippen molar-refractivity contribution < 1.29 is 66.3 Å². The highest BCUT2D eigenvalue weighted by molar-refractivity contribution is 7.47. The molecule has 1 rings (SSSR count). The molecule has 1 saturated heterocycles. The van der Waals surface area contributed by atoms with Crippen LogP contribution in [-0.2, 0) is 46.5 Å². The normalized spacial score (nSPS) is 18.1. The molecule has 3 unspecified atom stereocenters. The summed E-state index contributed by atoms with van der Waals surface area (Å²) in [4.78, 5) is 52.6. The molecule has 14 nitrogen and oxygen atoms in total. The SMILES string of the molecule is CCCCC/C=C\CC1OC1CCCCCCCC(=O)OC[C@H](COP(=O)(O)OC[C@@H](O)COP(=O)(O)O)OC(=O)CCCCCCCCCCC(C)C. The number of esters is 2. The van der Waals surface area contributed by atoms with E-state index < -0.39 is 66.2 Å². The molecular formula is C38H72O14P2. The lowest BCUT2D eigenvalue weighted by Crippen LogP contribution is -2.30. The maximum absolute atomic E-state index is 12.6. The smallest absolute Gasteiger partial charge is 0.462 e. The summed E-state index contributed by atoms with van der Waals surface area (Å²) in [7, 11) is -9.66. The van der Waals surface area contributed by atoms with Crippen LogP contribution in [0.3, 0.4) is 0 Å². The van der Waals surface area contributed by atoms with Gasteiger partial charge in [0.15, 0.2) is 6.10 Å². The first-order chi connectivity index (χ1) is 25.7. The molecule has 0 saturated carbocycles. The fourth-order valence-electron chi connectivity index (χ4n) is 5.77. The predicted octanol–water partition coefficient (Wildman–Crippen LogP) is 8.63. The standard InChI is InChI=1S/C38H72O14P2/c1-4-5-6-7-14-19-24-35-36(52-35)25-20-15-12-17-21-26-37(40)47-30-34(31-50-54(45,46)49-29-33(39)28-48-53(42,43)44)51-38(41)27-22-16-11-9-8-10-13-18-23-32(2)3/h14,19,32-36,39H,4-13,15-18,20-31H2,1-3H3,(H,45,46)(H2,42,43,44)/b19-14-/t33-,34+,35?,36?/m0/s1. The number of phosphoric acid groups is 2. The number of epoxide rings is 1. The van der Waals surface area contributed by atoms with Gasteiger partial charge in [-0.2, -0.15) is 0 Å². The lowest BCUT2D eigenvalue weighted by molar-refractivity contribution is -0.161. The average molecular weight is 815 g/mol. The van der Waals surface area contributed by atoms with Gasteiger partial charge in [0.2, 0.25) is 0 Å². The highest BCUT2D eigenvalue weighted by Crippen LogP contribution is 2.44. The highest BCUT2D eigenvalue weighted by atomic mass is 31.2. The van der Waals surface area contributed by atoms with Crippen molar-refractivity contribution in [2.45, 2.75) is 186 Å². The van der Waals surface area contributed by atoms with E-state index in [9.17, 15) is 28.7 Å². The van der Waals surface area contributed by atoms with Crippen molar-refractivity contribution in [3.05, 3.63) is 12.2 Å². The van der Waals surface area contributed by atoms with Crippen LogP contribution in [0.4, 0.5) is 0 Å². The predicted molar refractivity (Wildman–Crippen MR) is 206 cm³/mol. The van der Waals surface area contributed by atoms with Gasteiger partial charge in [0.25, 0.3) is 0 Å². The van der Waals surface area contributed by atoms with Crippen molar-refractivity contribution >= 4 is 27.6 Å². The zero-order chi connectivity index (χ0) is 40.1. The number of carbonyl (C=O) groups is 2. The Morgan fingerprint density at radius 3 is 1.89 bits per heavy atom. The molecule has 1 heterocycles. The van der Waals surface area contributed by atoms with Gasteiger partial charge in [-0.05, 0) is 44.4 Å². The van der Waals surface area contributed by atoms with Crippen LogP contribution in [0.25, 0.3) is 0 Å². The molecule has 0 aromatic rings. The zero-order valence-electron chi connectivity index (χ0n) is 33.2. The number of allylic oxidation sites excluding steroid dienone is 1. The number of aliphatic hydroxyl groups is 1. The maximum Gasteiger partial charge on any atom is 0.472 e. The van der Waals surface area contributed by atoms with E-state index in [-0.39, 0.29) is 12.8 Å². The second-order valence-electron chi connectivity index (χ2n) is 14.8. The van der Waals surface area contributed by atoms with Crippen LogP contribution in [-0.4, -0.2) is 82.6 Å². The largest absolute Gasteiger partial charge is 0.472 e. The molecule has 5 atom stereocenters. The van der Waals surface area contributed by atoms with Crippen molar-refractivity contribution in [1.29, 1.82) is 0 Å². The van der Waals surface area contributed by atoms with Gasteiger partial charge in [-0.1, -0.05) is 123 Å². The number of unbranched alkanes of at least 4 members (excludes halogenated alkanes) is 14. The van der Waals surface area contributed by atoms with E-state index in [1.165, 1.54) is 44.9 Å². The van der Waals surface area contributed by atoms with Crippen molar-refractivity contribution in [3.63, 3.8) is 0 Å². The topological polar surface area (TPSA) is 208 Å². The molecule has 0 bridgehead atoms. The van der Waals surface area contributed by atoms with Crippen LogP contribution in [0.15, 0.2) is 12.2 Å². The van der Waals surface area contributed by atoms with E-state index in [1.807, 2.05) is 0 Å². The molecule has 0 aliphatic carbocycles. The van der Waals surface area contributed by atoms with E-state index in [0.717, 1.165) is 76.5 Å². The van der Waals surface area contributed by atoms with Crippen LogP contribution in [0, 0.1) is 5.92 Å². The molecule has 1 fully saturated rings. The third kappa shape index (κ3) is 32.0. The summed E-state index contributed by atoms with van der Waals surface area (Å²) >= 11 is 0. The summed E-state index contributed by atoms with van der Waals surface area (Å²) < 4.78 is 53.4. The van der Waals surface area contributed by atoms with Gasteiger partial charge in [0.05, 0.1) is 32.0 Å². The molecule has 0 aromatic carbocycles. The molecule has 1 aliphatic heterocycles. The lowest BCUT2D eigenvalue weighted by Gasteiger charge is -2.20. The van der Waals surface area contributed by atoms with Crippen molar-refractivity contribution in [2.24, 2.45) is 5.92 Å². The van der Waals surface area contributed by atoms with Gasteiger partial charge >= 0.3 is 27.6 Å². The maximum atomic E-state index is 12.6. The zero-order valence-corrected chi connectivity index (χ0v) is 35.0. The Labute approximate surface area is 324 Å². The number of rotatable bonds is 37. The first kappa shape index (κ1) is 50.8. The Balaban J connectivity index is 2.37. The molecule has 1 aliphatic rings. The van der Waals surface area contributed by atoms with E-state index >= 15 is 0 Å². The Kier molecular flexibility index (Phi) is 29.1. The van der Waals surface area contributed by atoms with E-state index in [1.54, 1.807) is 0 Å². The number of aliphatic hydroxyl groups excluding tert-OH is 1. The van der Waals surface area contributed by atoms with E-state index in [2.05, 4.69) is 42.0 Å². The number of hydrogen-bond acceptors (Lipinski definition) is 11. The van der Waals surface area contributed by atoms with Crippen LogP contribution < -0.4 is 0 Å². The van der Waals surface area contributed by atoms with Crippen LogP contribution in [0.1, 0.15) is 162 Å². The summed E-state index contributed by atoms with van der Waals surface area (Å²) in [6, 6.07) is 0. The molecular weight excluding hydrogens is 742 g/mol. The number of hydrogen-bond donors (Lipinski definition) is 4. The summed E-state index contributed by atoms with van der Waals surface area (Å²) in [5.41, 5.74) is 0. The quantitative estimate of drug-likeness (QED) is 0.0152. The summed E-state index contributed by atoms with van der Waals surface area (Å²) in [5, 5.41) is 9.72. The Hall–Kier alpha value is -1.18. The number of ether oxygens (including phenoxy) is 3. The number of carbonyl (C=O) groups excluding carboxylic acids is 2. The summed E-state index contributed by atoms with van der Waals surface area (Å²) in [5.74, 6) is -0.319. The second kappa shape index (κ2) is 30.9. The lowest BCUT2D eigenvalue weighted by atomic mass is 10.0. The molecule has 54 heavy (non-hydrogen) atoms. The molecule has 0 spiro atoms. The van der Waals surface area contributed by atoms with Crippen LogP contribution in [0.5, 0.6) is 0 Å². The average Bonchev–Trinajstić information content (AvgIpc) is 3.86. The van der Waals surface area contributed by atoms with E-state index in [4.69, 9.17) is 28.5 Å². The Morgan fingerprint density at radius 1 is 0.685 bits per heavy atom. The van der Waals surface area contributed by atoms with Crippen LogP contribution in [0.2, 0.25) is 0 Å². The molecule has 0 aromatic heterocycles. The van der Waals surface area contributed by atoms with Crippen molar-refractivity contribution in [1.82, 2.24) is 0 Å². The highest BCUT2D eigenvalue weighted by Gasteiger charge is 2.36. The second-order valence-corrected chi connectivity index (χ2v) is 17.5. The van der Waals surface area contributed by atoms with Crippen LogP contribution >= 0.6 is 15.6 Å². The van der Waals surface area contributed by atoms with Crippen molar-refractivity contribution in [2.75, 3.05) is 26.4 Å². The minimum Gasteiger partial charge on any atom is -0.462 e. The van der Waals surface area contributed by atoms with E-state index in [0.29, 0.717) is 25.0 Å². The fourth-order valence-corrected chi connectivity index (χ4v) is 6.93. The van der Waals surface area contributed by atoms with Gasteiger partial charge in [0, 0.05) is 12.8 Å². The van der Waals surface area contributed by atoms with Gasteiger partial charge in [-0.25, -0.2) is 9.13 Å². The van der Waals surface area contributed by atoms with Gasteiger partial charge in [-0.3, -0.25) is 23.2 Å². The first-order valence-corrected chi connectivity index (χ1v) is 23.4. The minimum atomic E-state index is -4.86. The third-order valence-corrected chi connectivity index (χ3v) is 10.4. The van der Waals surface area contributed by atoms with Gasteiger partial charge in [0.1, 0.15) is 12.7 Å². The summed E-state index contributed by atoms with van der Waals surface area (Å²) in [6.45, 7) is 3.95. The Morgan fingerprint density at radius 2 is 1.26 bits per heavy atom. The molecule has 16 heteroatoms. The number of phosphoric ester groups is 2.